The first-order chi connectivity index (χ1) is 17.4. The number of piperidine rings is 2. The summed E-state index contributed by atoms with van der Waals surface area (Å²) in [6.07, 6.45) is 8.05. The van der Waals surface area contributed by atoms with Crippen LogP contribution in [0.3, 0.4) is 0 Å². The van der Waals surface area contributed by atoms with Crippen molar-refractivity contribution in [1.29, 1.82) is 0 Å². The molecule has 0 N–H and O–H groups in total. The van der Waals surface area contributed by atoms with Crippen molar-refractivity contribution in [2.45, 2.75) is 147 Å². The quantitative estimate of drug-likeness (QED) is 0.193. The van der Waals surface area contributed by atoms with E-state index in [-0.39, 0.29) is 52.0 Å². The van der Waals surface area contributed by atoms with Crippen LogP contribution in [0.2, 0.25) is 0 Å². The molecule has 0 atom stereocenters. The molecule has 7 nitrogen and oxygen atoms in total. The monoisotopic (exact) mass is 534 g/mol. The highest BCUT2D eigenvalue weighted by Gasteiger charge is 2.46. The van der Waals surface area contributed by atoms with Crippen molar-refractivity contribution in [2.75, 3.05) is 21.2 Å². The molecule has 0 bridgehead atoms. The van der Waals surface area contributed by atoms with Gasteiger partial charge in [0, 0.05) is 54.9 Å². The Bertz CT molecular complexity index is 804. The molecule has 3 aliphatic rings. The van der Waals surface area contributed by atoms with Crippen LogP contribution >= 0.6 is 0 Å². The standard InChI is InChI=1S/C31H54N2O5/c1-28(2)17-23(18-29(3,4)32(28)9)37-26(34)25(16-21-12-14-22(36-11)15-13-21)27(35)38-24-19-30(5,6)33(10)31(7,8)20-24/h16,21-24H,12-15,17-20H2,1-11H3. The summed E-state index contributed by atoms with van der Waals surface area (Å²) in [5, 5.41) is 0. The van der Waals surface area contributed by atoms with Crippen LogP contribution in [0.4, 0.5) is 0 Å². The first-order valence-corrected chi connectivity index (χ1v) is 14.5. The lowest BCUT2D eigenvalue weighted by Crippen LogP contribution is -2.60. The van der Waals surface area contributed by atoms with Gasteiger partial charge in [-0.25, -0.2) is 9.59 Å². The molecule has 0 spiro atoms. The smallest absolute Gasteiger partial charge is 0.345 e. The summed E-state index contributed by atoms with van der Waals surface area (Å²) >= 11 is 0. The first kappa shape index (κ1) is 31.1. The molecule has 2 heterocycles. The summed E-state index contributed by atoms with van der Waals surface area (Å²) in [4.78, 5) is 32.0. The van der Waals surface area contributed by atoms with Crippen LogP contribution in [0.5, 0.6) is 0 Å². The average molecular weight is 535 g/mol. The van der Waals surface area contributed by atoms with E-state index < -0.39 is 11.9 Å². The summed E-state index contributed by atoms with van der Waals surface area (Å²) in [6, 6.07) is 0. The van der Waals surface area contributed by atoms with E-state index in [1.54, 1.807) is 7.11 Å². The second-order valence-corrected chi connectivity index (χ2v) is 14.6. The summed E-state index contributed by atoms with van der Waals surface area (Å²) < 4.78 is 17.7. The fraction of sp³-hybridized carbons (Fsp3) is 0.871. The summed E-state index contributed by atoms with van der Waals surface area (Å²) in [7, 11) is 6.00. The lowest BCUT2D eigenvalue weighted by Gasteiger charge is -2.53. The third-order valence-electron chi connectivity index (χ3n) is 9.98. The fourth-order valence-electron chi connectivity index (χ4n) is 7.10. The molecular formula is C31H54N2O5. The number of ether oxygens (including phenoxy) is 3. The van der Waals surface area contributed by atoms with Crippen LogP contribution in [0.15, 0.2) is 11.6 Å². The Morgan fingerprint density at radius 3 is 1.29 bits per heavy atom. The largest absolute Gasteiger partial charge is 0.458 e. The second-order valence-electron chi connectivity index (χ2n) is 14.6. The van der Waals surface area contributed by atoms with E-state index in [4.69, 9.17) is 14.2 Å². The fourth-order valence-corrected chi connectivity index (χ4v) is 7.10. The van der Waals surface area contributed by atoms with Crippen LogP contribution in [0, 0.1) is 5.92 Å². The topological polar surface area (TPSA) is 68.3 Å². The first-order valence-electron chi connectivity index (χ1n) is 14.5. The number of methoxy groups -OCH3 is 1. The van der Waals surface area contributed by atoms with Crippen molar-refractivity contribution in [3.63, 3.8) is 0 Å². The lowest BCUT2D eigenvalue weighted by molar-refractivity contribution is -0.162. The van der Waals surface area contributed by atoms with E-state index in [0.29, 0.717) is 0 Å². The predicted molar refractivity (Wildman–Crippen MR) is 151 cm³/mol. The maximum Gasteiger partial charge on any atom is 0.345 e. The van der Waals surface area contributed by atoms with E-state index in [0.717, 1.165) is 51.4 Å². The number of carbonyl (C=O) groups excluding carboxylic acids is 2. The van der Waals surface area contributed by atoms with E-state index in [9.17, 15) is 9.59 Å². The van der Waals surface area contributed by atoms with Gasteiger partial charge in [-0.05, 0) is 101 Å². The summed E-state index contributed by atoms with van der Waals surface area (Å²) in [5.41, 5.74) is -0.432. The van der Waals surface area contributed by atoms with Crippen molar-refractivity contribution >= 4 is 11.9 Å². The minimum atomic E-state index is -0.545. The molecule has 3 fully saturated rings. The maximum absolute atomic E-state index is 13.7. The summed E-state index contributed by atoms with van der Waals surface area (Å²) in [6.45, 7) is 17.4. The molecule has 1 saturated carbocycles. The van der Waals surface area contributed by atoms with Crippen LogP contribution < -0.4 is 0 Å². The Kier molecular flexibility index (Phi) is 9.17. The molecule has 0 aromatic rings. The molecule has 7 heteroatoms. The molecule has 0 aromatic heterocycles. The maximum atomic E-state index is 13.7. The molecule has 38 heavy (non-hydrogen) atoms. The Hall–Kier alpha value is -1.44. The van der Waals surface area contributed by atoms with Crippen LogP contribution in [-0.2, 0) is 23.8 Å². The van der Waals surface area contributed by atoms with Gasteiger partial charge in [-0.2, -0.15) is 0 Å². The SMILES string of the molecule is COC1CCC(C=C(C(=O)OC2CC(C)(C)N(C)C(C)(C)C2)C(=O)OC2CC(C)(C)N(C)C(C)(C)C2)CC1. The number of esters is 2. The van der Waals surface area contributed by atoms with Gasteiger partial charge in [0.05, 0.1) is 6.10 Å². The average Bonchev–Trinajstić information content (AvgIpc) is 2.78. The highest BCUT2D eigenvalue weighted by atomic mass is 16.6. The van der Waals surface area contributed by atoms with Gasteiger partial charge in [0.2, 0.25) is 0 Å². The molecule has 0 aromatic carbocycles. The van der Waals surface area contributed by atoms with E-state index >= 15 is 0 Å². The zero-order chi connectivity index (χ0) is 28.7. The molecular weight excluding hydrogens is 480 g/mol. The number of carbonyl (C=O) groups is 2. The highest BCUT2D eigenvalue weighted by Crippen LogP contribution is 2.40. The molecule has 2 saturated heterocycles. The highest BCUT2D eigenvalue weighted by molar-refractivity contribution is 6.14. The molecule has 1 aliphatic carbocycles. The van der Waals surface area contributed by atoms with Crippen molar-refractivity contribution in [2.24, 2.45) is 5.92 Å². The minimum absolute atomic E-state index is 0.0648. The number of hydrogen-bond donors (Lipinski definition) is 0. The molecule has 0 amide bonds. The zero-order valence-electron chi connectivity index (χ0n) is 26.0. The Balaban J connectivity index is 1.81. The lowest BCUT2D eigenvalue weighted by atomic mass is 9.78. The summed E-state index contributed by atoms with van der Waals surface area (Å²) in [5.74, 6) is -0.958. The van der Waals surface area contributed by atoms with Crippen LogP contribution in [-0.4, -0.2) is 83.4 Å². The number of likely N-dealkylation sites (tertiary alicyclic amines) is 2. The molecule has 0 unspecified atom stereocenters. The van der Waals surface area contributed by atoms with E-state index in [1.165, 1.54) is 0 Å². The van der Waals surface area contributed by atoms with Crippen molar-refractivity contribution < 1.29 is 23.8 Å². The van der Waals surface area contributed by atoms with Crippen LogP contribution in [0.25, 0.3) is 0 Å². The van der Waals surface area contributed by atoms with Gasteiger partial charge in [0.15, 0.2) is 0 Å². The normalized spacial score (nSPS) is 29.9. The number of allylic oxidation sites excluding steroid dienone is 1. The Morgan fingerprint density at radius 2 is 0.974 bits per heavy atom. The molecule has 3 rings (SSSR count). The van der Waals surface area contributed by atoms with Gasteiger partial charge in [-0.3, -0.25) is 9.80 Å². The number of hydrogen-bond acceptors (Lipinski definition) is 7. The van der Waals surface area contributed by atoms with Crippen molar-refractivity contribution in [3.8, 4) is 0 Å². The molecule has 218 valence electrons. The predicted octanol–water partition coefficient (Wildman–Crippen LogP) is 5.51. The number of nitrogens with zero attached hydrogens (tertiary/aromatic N) is 2. The van der Waals surface area contributed by atoms with Gasteiger partial charge in [-0.15, -0.1) is 0 Å². The van der Waals surface area contributed by atoms with Crippen molar-refractivity contribution in [3.05, 3.63) is 11.6 Å². The van der Waals surface area contributed by atoms with Gasteiger partial charge in [0.25, 0.3) is 0 Å². The minimum Gasteiger partial charge on any atom is -0.458 e. The third kappa shape index (κ3) is 7.00. The second kappa shape index (κ2) is 11.2. The van der Waals surface area contributed by atoms with Gasteiger partial charge in [-0.1, -0.05) is 6.08 Å². The third-order valence-corrected chi connectivity index (χ3v) is 9.98. The zero-order valence-corrected chi connectivity index (χ0v) is 26.0. The Morgan fingerprint density at radius 1 is 0.632 bits per heavy atom. The number of rotatable bonds is 6. The Labute approximate surface area is 231 Å². The van der Waals surface area contributed by atoms with Crippen LogP contribution in [0.1, 0.15) is 107 Å². The van der Waals surface area contributed by atoms with Gasteiger partial charge < -0.3 is 14.2 Å². The van der Waals surface area contributed by atoms with Gasteiger partial charge in [0.1, 0.15) is 17.8 Å². The van der Waals surface area contributed by atoms with Crippen molar-refractivity contribution in [1.82, 2.24) is 9.80 Å². The molecule has 0 radical (unpaired) electrons. The van der Waals surface area contributed by atoms with E-state index in [1.807, 2.05) is 6.08 Å². The molecule has 2 aliphatic heterocycles. The van der Waals surface area contributed by atoms with Gasteiger partial charge >= 0.3 is 11.9 Å². The van der Waals surface area contributed by atoms with E-state index in [2.05, 4.69) is 79.3 Å².